The minimum Gasteiger partial charge on any atom is -0.361 e. The molecule has 0 spiro atoms. The molecular weight excluding hydrogens is 294 g/mol. The van der Waals surface area contributed by atoms with Gasteiger partial charge in [-0.05, 0) is 36.0 Å². The van der Waals surface area contributed by atoms with E-state index in [1.165, 1.54) is 11.3 Å². The van der Waals surface area contributed by atoms with Crippen molar-refractivity contribution in [2.45, 2.75) is 45.2 Å². The summed E-state index contributed by atoms with van der Waals surface area (Å²) in [5, 5.41) is 0. The Labute approximate surface area is 144 Å². The summed E-state index contributed by atoms with van der Waals surface area (Å²) in [5.41, 5.74) is 2.65. The van der Waals surface area contributed by atoms with Crippen LogP contribution in [-0.2, 0) is 4.79 Å². The Morgan fingerprint density at radius 3 is 2.25 bits per heavy atom. The van der Waals surface area contributed by atoms with Crippen LogP contribution >= 0.6 is 0 Å². The van der Waals surface area contributed by atoms with Crippen molar-refractivity contribution in [1.82, 2.24) is 0 Å². The van der Waals surface area contributed by atoms with Gasteiger partial charge in [-0.1, -0.05) is 62.4 Å². The van der Waals surface area contributed by atoms with E-state index in [0.29, 0.717) is 17.9 Å². The maximum atomic E-state index is 12.8. The molecule has 2 aromatic rings. The van der Waals surface area contributed by atoms with E-state index in [2.05, 4.69) is 79.4 Å². The van der Waals surface area contributed by atoms with E-state index in [0.717, 1.165) is 19.3 Å². The first-order valence-corrected chi connectivity index (χ1v) is 8.96. The Bertz CT molecular complexity index is 722. The van der Waals surface area contributed by atoms with Crippen LogP contribution in [-0.4, -0.2) is 11.8 Å². The predicted molar refractivity (Wildman–Crippen MR) is 98.0 cm³/mol. The smallest absolute Gasteiger partial charge is 0.138 e. The number of carbonyl (C=O) groups excluding carboxylic acids is 1. The summed E-state index contributed by atoms with van der Waals surface area (Å²) < 4.78 is 0. The van der Waals surface area contributed by atoms with Gasteiger partial charge in [-0.3, -0.25) is 4.79 Å². The van der Waals surface area contributed by atoms with Crippen LogP contribution in [0, 0.1) is 11.3 Å². The number of carbonyl (C=O) groups is 1. The van der Waals surface area contributed by atoms with Gasteiger partial charge in [0.25, 0.3) is 0 Å². The van der Waals surface area contributed by atoms with Crippen LogP contribution in [0.25, 0.3) is 0 Å². The van der Waals surface area contributed by atoms with E-state index >= 15 is 0 Å². The Kier molecular flexibility index (Phi) is 3.71. The molecule has 2 aromatic carbocycles. The molecule has 0 bridgehead atoms. The SMILES string of the molecule is CC1(C)CC(=O)C2CC(c3ccccc3)N(c3ccccc3)C2C1. The van der Waals surface area contributed by atoms with Gasteiger partial charge in [0.2, 0.25) is 0 Å². The highest BCUT2D eigenvalue weighted by Crippen LogP contribution is 2.51. The first kappa shape index (κ1) is 15.4. The summed E-state index contributed by atoms with van der Waals surface area (Å²) >= 11 is 0. The van der Waals surface area contributed by atoms with E-state index in [-0.39, 0.29) is 11.3 Å². The average molecular weight is 319 g/mol. The van der Waals surface area contributed by atoms with Crippen LogP contribution < -0.4 is 4.90 Å². The first-order valence-electron chi connectivity index (χ1n) is 8.96. The van der Waals surface area contributed by atoms with Crippen molar-refractivity contribution in [3.8, 4) is 0 Å². The molecule has 1 saturated carbocycles. The zero-order valence-electron chi connectivity index (χ0n) is 14.5. The number of rotatable bonds is 2. The van der Waals surface area contributed by atoms with E-state index in [4.69, 9.17) is 0 Å². The summed E-state index contributed by atoms with van der Waals surface area (Å²) in [6.07, 6.45) is 2.75. The van der Waals surface area contributed by atoms with Crippen molar-refractivity contribution in [2.24, 2.45) is 11.3 Å². The van der Waals surface area contributed by atoms with E-state index < -0.39 is 0 Å². The Morgan fingerprint density at radius 2 is 1.58 bits per heavy atom. The van der Waals surface area contributed by atoms with Crippen molar-refractivity contribution in [1.29, 1.82) is 0 Å². The van der Waals surface area contributed by atoms with E-state index in [1.54, 1.807) is 0 Å². The second kappa shape index (κ2) is 5.77. The molecule has 0 N–H and O–H groups in total. The molecule has 2 fully saturated rings. The monoisotopic (exact) mass is 319 g/mol. The Hall–Kier alpha value is -2.09. The van der Waals surface area contributed by atoms with Gasteiger partial charge < -0.3 is 4.90 Å². The molecule has 24 heavy (non-hydrogen) atoms. The van der Waals surface area contributed by atoms with Gasteiger partial charge in [0.15, 0.2) is 0 Å². The average Bonchev–Trinajstić information content (AvgIpc) is 2.95. The fourth-order valence-corrected chi connectivity index (χ4v) is 4.71. The lowest BCUT2D eigenvalue weighted by Gasteiger charge is -2.41. The molecule has 2 aliphatic rings. The maximum absolute atomic E-state index is 12.8. The number of anilines is 1. The number of hydrogen-bond acceptors (Lipinski definition) is 2. The number of hydrogen-bond donors (Lipinski definition) is 0. The van der Waals surface area contributed by atoms with Gasteiger partial charge in [0, 0.05) is 24.1 Å². The minimum absolute atomic E-state index is 0.0941. The maximum Gasteiger partial charge on any atom is 0.138 e. The van der Waals surface area contributed by atoms with Crippen LogP contribution in [0.15, 0.2) is 60.7 Å². The van der Waals surface area contributed by atoms with Crippen molar-refractivity contribution < 1.29 is 4.79 Å². The van der Waals surface area contributed by atoms with Crippen LogP contribution in [0.5, 0.6) is 0 Å². The zero-order chi connectivity index (χ0) is 16.7. The lowest BCUT2D eigenvalue weighted by atomic mass is 9.69. The molecule has 1 saturated heterocycles. The van der Waals surface area contributed by atoms with E-state index in [9.17, 15) is 4.79 Å². The van der Waals surface area contributed by atoms with Crippen LogP contribution in [0.4, 0.5) is 5.69 Å². The second-order valence-corrected chi connectivity index (χ2v) is 8.09. The molecule has 2 nitrogen and oxygen atoms in total. The zero-order valence-corrected chi connectivity index (χ0v) is 14.5. The topological polar surface area (TPSA) is 20.3 Å². The summed E-state index contributed by atoms with van der Waals surface area (Å²) in [4.78, 5) is 15.3. The molecule has 124 valence electrons. The van der Waals surface area contributed by atoms with Gasteiger partial charge in [0.05, 0.1) is 6.04 Å². The summed E-state index contributed by atoms with van der Waals surface area (Å²) in [6, 6.07) is 21.9. The van der Waals surface area contributed by atoms with Crippen LogP contribution in [0.2, 0.25) is 0 Å². The molecule has 0 radical (unpaired) electrons. The Morgan fingerprint density at radius 1 is 0.958 bits per heavy atom. The molecule has 1 heterocycles. The van der Waals surface area contributed by atoms with Gasteiger partial charge in [-0.25, -0.2) is 0 Å². The van der Waals surface area contributed by atoms with Crippen molar-refractivity contribution in [3.05, 3.63) is 66.2 Å². The highest BCUT2D eigenvalue weighted by molar-refractivity contribution is 5.85. The molecular formula is C22H25NO. The highest BCUT2D eigenvalue weighted by atomic mass is 16.1. The van der Waals surface area contributed by atoms with Gasteiger partial charge in [-0.2, -0.15) is 0 Å². The number of benzene rings is 2. The van der Waals surface area contributed by atoms with Gasteiger partial charge in [0.1, 0.15) is 5.78 Å². The van der Waals surface area contributed by atoms with Gasteiger partial charge >= 0.3 is 0 Å². The fourth-order valence-electron chi connectivity index (χ4n) is 4.71. The lowest BCUT2D eigenvalue weighted by Crippen LogP contribution is -2.45. The van der Waals surface area contributed by atoms with Crippen molar-refractivity contribution >= 4 is 11.5 Å². The van der Waals surface area contributed by atoms with Gasteiger partial charge in [-0.15, -0.1) is 0 Å². The molecule has 0 amide bonds. The predicted octanol–water partition coefficient (Wildman–Crippen LogP) is 5.01. The molecule has 3 unspecified atom stereocenters. The number of Topliss-reactive ketones (excluding diaryl/α,β-unsaturated/α-hetero) is 1. The number of ketones is 1. The first-order chi connectivity index (χ1) is 11.6. The summed E-state index contributed by atoms with van der Waals surface area (Å²) in [7, 11) is 0. The lowest BCUT2D eigenvalue weighted by molar-refractivity contribution is -0.127. The molecule has 1 aliphatic carbocycles. The number of para-hydroxylation sites is 1. The normalized spacial score (nSPS) is 28.7. The molecule has 0 aromatic heterocycles. The minimum atomic E-state index is 0.0941. The quantitative estimate of drug-likeness (QED) is 0.775. The van der Waals surface area contributed by atoms with E-state index in [1.807, 2.05) is 0 Å². The molecule has 4 rings (SSSR count). The second-order valence-electron chi connectivity index (χ2n) is 8.09. The third kappa shape index (κ3) is 2.64. The molecule has 1 aliphatic heterocycles. The fraction of sp³-hybridized carbons (Fsp3) is 0.409. The molecule has 2 heteroatoms. The number of nitrogens with zero attached hydrogens (tertiary/aromatic N) is 1. The van der Waals surface area contributed by atoms with Crippen LogP contribution in [0.1, 0.15) is 44.7 Å². The standard InChI is InChI=1S/C22H25NO/c1-22(2)14-20-18(21(24)15-22)13-19(16-9-5-3-6-10-16)23(20)17-11-7-4-8-12-17/h3-12,18-20H,13-15H2,1-2H3. The van der Waals surface area contributed by atoms with Crippen molar-refractivity contribution in [3.63, 3.8) is 0 Å². The number of fused-ring (bicyclic) bond motifs is 1. The van der Waals surface area contributed by atoms with Crippen LogP contribution in [0.3, 0.4) is 0 Å². The third-order valence-electron chi connectivity index (χ3n) is 5.70. The highest BCUT2D eigenvalue weighted by Gasteiger charge is 2.50. The Balaban J connectivity index is 1.78. The summed E-state index contributed by atoms with van der Waals surface area (Å²) in [6.45, 7) is 4.47. The molecule has 3 atom stereocenters. The third-order valence-corrected chi connectivity index (χ3v) is 5.70. The van der Waals surface area contributed by atoms with Crippen molar-refractivity contribution in [2.75, 3.05) is 4.90 Å². The summed E-state index contributed by atoms with van der Waals surface area (Å²) in [5.74, 6) is 0.624. The largest absolute Gasteiger partial charge is 0.361 e.